The number of ether oxygens (including phenoxy) is 2. The first-order chi connectivity index (χ1) is 20.5. The fourth-order valence-electron chi connectivity index (χ4n) is 4.80. The van der Waals surface area contributed by atoms with Crippen LogP contribution in [0, 0.1) is 13.8 Å². The van der Waals surface area contributed by atoms with Gasteiger partial charge in [0.25, 0.3) is 0 Å². The van der Waals surface area contributed by atoms with Crippen LogP contribution in [-0.4, -0.2) is 59.1 Å². The van der Waals surface area contributed by atoms with Gasteiger partial charge in [-0.15, -0.1) is 0 Å². The summed E-state index contributed by atoms with van der Waals surface area (Å²) in [5.74, 6) is -1.52. The number of nitrogens with one attached hydrogen (secondary N) is 2. The van der Waals surface area contributed by atoms with Crippen molar-refractivity contribution in [3.05, 3.63) is 70.8 Å². The highest BCUT2D eigenvalue weighted by Crippen LogP contribution is 2.26. The highest BCUT2D eigenvalue weighted by Gasteiger charge is 2.35. The highest BCUT2D eigenvalue weighted by molar-refractivity contribution is 5.93. The number of rotatable bonds is 13. The molecular weight excluding hydrogens is 558 g/mol. The Morgan fingerprint density at radius 2 is 1.43 bits per heavy atom. The zero-order valence-electron chi connectivity index (χ0n) is 27.9. The van der Waals surface area contributed by atoms with Crippen molar-refractivity contribution in [1.82, 2.24) is 15.5 Å². The molecule has 0 radical (unpaired) electrons. The van der Waals surface area contributed by atoms with Crippen LogP contribution in [0.4, 0.5) is 4.79 Å². The molecule has 2 aromatic carbocycles. The van der Waals surface area contributed by atoms with E-state index >= 15 is 0 Å². The van der Waals surface area contributed by atoms with Crippen LogP contribution in [0.25, 0.3) is 0 Å². The fourth-order valence-corrected chi connectivity index (χ4v) is 4.80. The van der Waals surface area contributed by atoms with Gasteiger partial charge in [-0.1, -0.05) is 79.4 Å². The smallest absolute Gasteiger partial charge is 0.408 e. The Kier molecular flexibility index (Phi) is 13.4. The van der Waals surface area contributed by atoms with Gasteiger partial charge < -0.3 is 25.0 Å². The van der Waals surface area contributed by atoms with Gasteiger partial charge in [0.2, 0.25) is 11.8 Å². The van der Waals surface area contributed by atoms with E-state index in [4.69, 9.17) is 9.47 Å². The van der Waals surface area contributed by atoms with Crippen molar-refractivity contribution in [3.8, 4) is 0 Å². The number of carbonyl (C=O) groups excluding carboxylic acids is 4. The second-order valence-corrected chi connectivity index (χ2v) is 13.3. The van der Waals surface area contributed by atoms with E-state index in [1.165, 1.54) is 4.90 Å². The molecule has 0 saturated carbocycles. The summed E-state index contributed by atoms with van der Waals surface area (Å²) in [6.45, 7) is 16.4. The number of aryl methyl sites for hydroxylation is 2. The maximum Gasteiger partial charge on any atom is 0.408 e. The zero-order chi connectivity index (χ0) is 33.1. The van der Waals surface area contributed by atoms with Crippen LogP contribution in [-0.2, 0) is 30.3 Å². The molecule has 0 heterocycles. The van der Waals surface area contributed by atoms with Crippen molar-refractivity contribution in [2.45, 2.75) is 111 Å². The molecule has 0 saturated heterocycles. The Morgan fingerprint density at radius 3 is 1.98 bits per heavy atom. The van der Waals surface area contributed by atoms with Crippen LogP contribution in [0.3, 0.4) is 0 Å². The van der Waals surface area contributed by atoms with Gasteiger partial charge in [-0.2, -0.15) is 0 Å². The van der Waals surface area contributed by atoms with Gasteiger partial charge >= 0.3 is 12.1 Å². The predicted octanol–water partition coefficient (Wildman–Crippen LogP) is 5.96. The third-order valence-corrected chi connectivity index (χ3v) is 6.52. The van der Waals surface area contributed by atoms with E-state index in [-0.39, 0.29) is 19.5 Å². The third kappa shape index (κ3) is 12.8. The third-order valence-electron chi connectivity index (χ3n) is 6.52. The Labute approximate surface area is 263 Å². The first kappa shape index (κ1) is 36.3. The van der Waals surface area contributed by atoms with Crippen LogP contribution in [0.5, 0.6) is 0 Å². The predicted molar refractivity (Wildman–Crippen MR) is 172 cm³/mol. The monoisotopic (exact) mass is 609 g/mol. The van der Waals surface area contributed by atoms with Crippen molar-refractivity contribution in [1.29, 1.82) is 0 Å². The first-order valence-corrected chi connectivity index (χ1v) is 15.4. The molecule has 2 unspecified atom stereocenters. The van der Waals surface area contributed by atoms with Gasteiger partial charge in [-0.3, -0.25) is 9.59 Å². The molecule has 0 fully saturated rings. The molecule has 3 amide bonds. The second kappa shape index (κ2) is 16.3. The molecule has 2 aromatic rings. The minimum absolute atomic E-state index is 0.213. The van der Waals surface area contributed by atoms with Crippen molar-refractivity contribution in [2.75, 3.05) is 13.1 Å². The average Bonchev–Trinajstić information content (AvgIpc) is 2.89. The molecule has 0 bridgehead atoms. The number of hydrogen-bond acceptors (Lipinski definition) is 6. The van der Waals surface area contributed by atoms with Gasteiger partial charge in [0.15, 0.2) is 0 Å². The minimum Gasteiger partial charge on any atom is -0.458 e. The van der Waals surface area contributed by atoms with E-state index < -0.39 is 47.2 Å². The lowest BCUT2D eigenvalue weighted by atomic mass is 9.97. The molecular formula is C35H51N3O6. The Morgan fingerprint density at radius 1 is 0.841 bits per heavy atom. The van der Waals surface area contributed by atoms with Gasteiger partial charge in [-0.25, -0.2) is 9.59 Å². The minimum atomic E-state index is -1.06. The maximum atomic E-state index is 14.3. The molecule has 242 valence electrons. The number of carbonyl (C=O) groups is 4. The Hall–Kier alpha value is -3.88. The molecule has 0 aliphatic heterocycles. The number of amides is 3. The molecule has 44 heavy (non-hydrogen) atoms. The van der Waals surface area contributed by atoms with Crippen LogP contribution >= 0.6 is 0 Å². The van der Waals surface area contributed by atoms with E-state index in [1.54, 1.807) is 41.5 Å². The van der Waals surface area contributed by atoms with E-state index in [2.05, 4.69) is 17.6 Å². The largest absolute Gasteiger partial charge is 0.458 e. The number of benzene rings is 2. The number of nitrogens with zero attached hydrogens (tertiary/aromatic N) is 1. The van der Waals surface area contributed by atoms with E-state index in [0.717, 1.165) is 29.5 Å². The standard InChI is InChI=1S/C35H51N3O6/c1-10-11-15-18-38(29(39)23-36-33(42)44-35(7,8)9)30(27-20-24(2)19-25(3)21-27)31(40)37-28(32(41)43-34(4,5)6)22-26-16-13-12-14-17-26/h12-14,16-17,19-21,28,30H,10-11,15,18,22-23H2,1-9H3,(H,36,42)(H,37,40). The maximum absolute atomic E-state index is 14.3. The van der Waals surface area contributed by atoms with Crippen molar-refractivity contribution in [2.24, 2.45) is 0 Å². The topological polar surface area (TPSA) is 114 Å². The molecule has 0 spiro atoms. The van der Waals surface area contributed by atoms with Crippen LogP contribution < -0.4 is 10.6 Å². The summed E-state index contributed by atoms with van der Waals surface area (Å²) in [6.07, 6.45) is 1.91. The van der Waals surface area contributed by atoms with Crippen LogP contribution in [0.2, 0.25) is 0 Å². The summed E-state index contributed by atoms with van der Waals surface area (Å²) in [4.78, 5) is 55.4. The van der Waals surface area contributed by atoms with E-state index in [0.29, 0.717) is 12.0 Å². The van der Waals surface area contributed by atoms with Crippen molar-refractivity contribution in [3.63, 3.8) is 0 Å². The zero-order valence-corrected chi connectivity index (χ0v) is 27.9. The first-order valence-electron chi connectivity index (χ1n) is 15.4. The van der Waals surface area contributed by atoms with Gasteiger partial charge in [0.05, 0.1) is 0 Å². The van der Waals surface area contributed by atoms with E-state index in [1.807, 2.05) is 62.4 Å². The molecule has 2 N–H and O–H groups in total. The number of esters is 1. The fraction of sp³-hybridized carbons (Fsp3) is 0.543. The molecule has 2 atom stereocenters. The lowest BCUT2D eigenvalue weighted by Gasteiger charge is -2.33. The molecule has 0 aliphatic rings. The Bertz CT molecular complexity index is 1240. The van der Waals surface area contributed by atoms with Crippen LogP contribution in [0.15, 0.2) is 48.5 Å². The SMILES string of the molecule is CCCCCN(C(=O)CNC(=O)OC(C)(C)C)C(C(=O)NC(Cc1ccccc1)C(=O)OC(C)(C)C)c1cc(C)cc(C)c1. The summed E-state index contributed by atoms with van der Waals surface area (Å²) in [5, 5.41) is 5.46. The van der Waals surface area contributed by atoms with Gasteiger partial charge in [0.1, 0.15) is 29.8 Å². The quantitative estimate of drug-likeness (QED) is 0.214. The summed E-state index contributed by atoms with van der Waals surface area (Å²) in [5.41, 5.74) is 1.83. The Balaban J connectivity index is 2.52. The number of hydrogen-bond donors (Lipinski definition) is 2. The summed E-state index contributed by atoms with van der Waals surface area (Å²) in [7, 11) is 0. The normalized spacial score (nSPS) is 12.9. The molecule has 9 heteroatoms. The van der Waals surface area contributed by atoms with Crippen LogP contribution in [0.1, 0.15) is 96.0 Å². The molecule has 2 rings (SSSR count). The second-order valence-electron chi connectivity index (χ2n) is 13.3. The lowest BCUT2D eigenvalue weighted by molar-refractivity contribution is -0.159. The van der Waals surface area contributed by atoms with Gasteiger partial charge in [0, 0.05) is 13.0 Å². The summed E-state index contributed by atoms with van der Waals surface area (Å²) < 4.78 is 11.0. The van der Waals surface area contributed by atoms with Gasteiger partial charge in [-0.05, 0) is 72.9 Å². The van der Waals surface area contributed by atoms with Crippen molar-refractivity contribution < 1.29 is 28.7 Å². The summed E-state index contributed by atoms with van der Waals surface area (Å²) in [6, 6.07) is 13.1. The average molecular weight is 610 g/mol. The molecule has 0 aromatic heterocycles. The lowest BCUT2D eigenvalue weighted by Crippen LogP contribution is -2.52. The van der Waals surface area contributed by atoms with Crippen molar-refractivity contribution >= 4 is 23.9 Å². The number of alkyl carbamates (subject to hydrolysis) is 1. The molecule has 0 aliphatic carbocycles. The molecule has 9 nitrogen and oxygen atoms in total. The highest BCUT2D eigenvalue weighted by atomic mass is 16.6. The van der Waals surface area contributed by atoms with E-state index in [9.17, 15) is 19.2 Å². The number of unbranched alkanes of at least 4 members (excludes halogenated alkanes) is 2. The summed E-state index contributed by atoms with van der Waals surface area (Å²) >= 11 is 0.